The van der Waals surface area contributed by atoms with Crippen molar-refractivity contribution in [3.63, 3.8) is 0 Å². The van der Waals surface area contributed by atoms with Gasteiger partial charge < -0.3 is 16.0 Å². The van der Waals surface area contributed by atoms with Crippen LogP contribution in [-0.2, 0) is 4.79 Å². The highest BCUT2D eigenvalue weighted by atomic mass is 35.5. The number of aryl methyl sites for hydroxylation is 1. The maximum absolute atomic E-state index is 13.1. The number of carbonyl (C=O) groups is 1. The molecule has 0 saturated carbocycles. The summed E-state index contributed by atoms with van der Waals surface area (Å²) in [6.07, 6.45) is 0. The van der Waals surface area contributed by atoms with Crippen LogP contribution in [0.3, 0.4) is 0 Å². The third-order valence-electron chi connectivity index (χ3n) is 4.64. The molecule has 0 aromatic heterocycles. The van der Waals surface area contributed by atoms with Gasteiger partial charge in [-0.1, -0.05) is 41.4 Å². The van der Waals surface area contributed by atoms with E-state index < -0.39 is 6.04 Å². The summed E-state index contributed by atoms with van der Waals surface area (Å²) >= 11 is 17.7. The van der Waals surface area contributed by atoms with Gasteiger partial charge in [-0.3, -0.25) is 4.79 Å². The fraction of sp³-hybridized carbons (Fsp3) is 0.200. The molecule has 0 fully saturated rings. The van der Waals surface area contributed by atoms with Gasteiger partial charge in [-0.2, -0.15) is 0 Å². The van der Waals surface area contributed by atoms with Gasteiger partial charge in [0, 0.05) is 21.4 Å². The van der Waals surface area contributed by atoms with E-state index in [2.05, 4.69) is 16.0 Å². The number of amides is 1. The molecule has 7 heteroatoms. The molecule has 2 aromatic carbocycles. The number of nitrogens with one attached hydrogen (secondary N) is 3. The smallest absolute Gasteiger partial charge is 0.255 e. The topological polar surface area (TPSA) is 53.2 Å². The number of hydrogen-bond acceptors (Lipinski definition) is 2. The zero-order valence-electron chi connectivity index (χ0n) is 15.1. The molecule has 1 heterocycles. The molecule has 4 nitrogen and oxygen atoms in total. The average molecular weight is 420 g/mol. The minimum Gasteiger partial charge on any atom is -0.351 e. The maximum atomic E-state index is 13.1. The van der Waals surface area contributed by atoms with Gasteiger partial charge in [0.2, 0.25) is 0 Å². The molecule has 27 heavy (non-hydrogen) atoms. The van der Waals surface area contributed by atoms with Crippen molar-refractivity contribution >= 4 is 52.1 Å². The van der Waals surface area contributed by atoms with Crippen LogP contribution in [0.25, 0.3) is 0 Å². The van der Waals surface area contributed by atoms with Crippen LogP contribution in [0.1, 0.15) is 29.7 Å². The Morgan fingerprint density at radius 3 is 2.59 bits per heavy atom. The molecule has 1 unspecified atom stereocenters. The van der Waals surface area contributed by atoms with E-state index in [4.69, 9.17) is 35.4 Å². The molecule has 3 N–H and O–H groups in total. The van der Waals surface area contributed by atoms with Crippen molar-refractivity contribution in [3.8, 4) is 0 Å². The normalized spacial score (nSPS) is 16.6. The predicted molar refractivity (Wildman–Crippen MR) is 115 cm³/mol. The second-order valence-corrected chi connectivity index (χ2v) is 7.69. The Morgan fingerprint density at radius 1 is 1.15 bits per heavy atom. The summed E-state index contributed by atoms with van der Waals surface area (Å²) in [4.78, 5) is 13.1. The molecular weight excluding hydrogens is 401 g/mol. The number of allylic oxidation sites excluding steroid dienone is 1. The summed E-state index contributed by atoms with van der Waals surface area (Å²) in [6.45, 7) is 5.81. The van der Waals surface area contributed by atoms with Crippen molar-refractivity contribution in [3.05, 3.63) is 74.4 Å². The van der Waals surface area contributed by atoms with E-state index in [0.717, 1.165) is 22.4 Å². The van der Waals surface area contributed by atoms with Crippen molar-refractivity contribution in [2.24, 2.45) is 0 Å². The fourth-order valence-electron chi connectivity index (χ4n) is 3.04. The molecule has 0 spiro atoms. The van der Waals surface area contributed by atoms with Gasteiger partial charge in [-0.25, -0.2) is 0 Å². The molecule has 0 bridgehead atoms. The highest BCUT2D eigenvalue weighted by Gasteiger charge is 2.31. The van der Waals surface area contributed by atoms with Crippen LogP contribution >= 0.6 is 35.4 Å². The van der Waals surface area contributed by atoms with E-state index in [9.17, 15) is 4.79 Å². The first-order chi connectivity index (χ1) is 12.8. The second-order valence-electron chi connectivity index (χ2n) is 6.44. The summed E-state index contributed by atoms with van der Waals surface area (Å²) in [7, 11) is 0. The standard InChI is InChI=1S/C20H19Cl2N3OS/c1-10-5-4-6-16(11(10)2)24-19(26)17-12(3)23-20(27)25-18(17)14-8-7-13(21)9-15(14)22/h4-9,18H,1-3H3,(H,24,26)(H2,23,25,27). The van der Waals surface area contributed by atoms with Crippen LogP contribution in [0, 0.1) is 13.8 Å². The molecule has 2 aromatic rings. The minimum absolute atomic E-state index is 0.222. The van der Waals surface area contributed by atoms with Crippen LogP contribution < -0.4 is 16.0 Å². The van der Waals surface area contributed by atoms with Gasteiger partial charge in [0.25, 0.3) is 5.91 Å². The van der Waals surface area contributed by atoms with Crippen molar-refractivity contribution < 1.29 is 4.79 Å². The number of thiocarbonyl (C=S) groups is 1. The molecule has 0 saturated heterocycles. The maximum Gasteiger partial charge on any atom is 0.255 e. The third-order valence-corrected chi connectivity index (χ3v) is 5.42. The summed E-state index contributed by atoms with van der Waals surface area (Å²) < 4.78 is 0. The molecule has 140 valence electrons. The first kappa shape index (κ1) is 19.7. The first-order valence-corrected chi connectivity index (χ1v) is 9.55. The van der Waals surface area contributed by atoms with Gasteiger partial charge >= 0.3 is 0 Å². The molecule has 0 radical (unpaired) electrons. The van der Waals surface area contributed by atoms with Crippen molar-refractivity contribution in [2.45, 2.75) is 26.8 Å². The lowest BCUT2D eigenvalue weighted by Crippen LogP contribution is -2.45. The van der Waals surface area contributed by atoms with Gasteiger partial charge in [0.1, 0.15) is 0 Å². The van der Waals surface area contributed by atoms with Crippen molar-refractivity contribution in [2.75, 3.05) is 5.32 Å². The highest BCUT2D eigenvalue weighted by Crippen LogP contribution is 2.34. The van der Waals surface area contributed by atoms with E-state index in [0.29, 0.717) is 26.4 Å². The largest absolute Gasteiger partial charge is 0.351 e. The summed E-state index contributed by atoms with van der Waals surface area (Å²) in [5.74, 6) is -0.222. The molecular formula is C20H19Cl2N3OS. The lowest BCUT2D eigenvalue weighted by Gasteiger charge is -2.31. The Morgan fingerprint density at radius 2 is 1.89 bits per heavy atom. The van der Waals surface area contributed by atoms with E-state index in [1.54, 1.807) is 18.2 Å². The lowest BCUT2D eigenvalue weighted by atomic mass is 9.94. The average Bonchev–Trinajstić information content (AvgIpc) is 2.58. The quantitative estimate of drug-likeness (QED) is 0.609. The predicted octanol–water partition coefficient (Wildman–Crippen LogP) is 5.04. The fourth-order valence-corrected chi connectivity index (χ4v) is 3.83. The Bertz CT molecular complexity index is 972. The SMILES string of the molecule is CC1=C(C(=O)Nc2cccc(C)c2C)C(c2ccc(Cl)cc2Cl)NC(=S)N1. The van der Waals surface area contributed by atoms with Crippen molar-refractivity contribution in [1.82, 2.24) is 10.6 Å². The minimum atomic E-state index is -0.478. The van der Waals surface area contributed by atoms with Gasteiger partial charge in [0.15, 0.2) is 5.11 Å². The molecule has 1 atom stereocenters. The number of benzene rings is 2. The molecule has 3 rings (SSSR count). The van der Waals surface area contributed by atoms with Crippen LogP contribution in [-0.4, -0.2) is 11.0 Å². The summed E-state index contributed by atoms with van der Waals surface area (Å²) in [5, 5.41) is 10.6. The third kappa shape index (κ3) is 4.10. The monoisotopic (exact) mass is 419 g/mol. The number of halogens is 2. The van der Waals surface area contributed by atoms with Gasteiger partial charge in [-0.15, -0.1) is 0 Å². The van der Waals surface area contributed by atoms with Gasteiger partial charge in [0.05, 0.1) is 11.6 Å². The van der Waals surface area contributed by atoms with E-state index in [1.165, 1.54) is 0 Å². The number of rotatable bonds is 3. The number of hydrogen-bond donors (Lipinski definition) is 3. The zero-order chi connectivity index (χ0) is 19.7. The molecule has 1 aliphatic heterocycles. The molecule has 0 aliphatic carbocycles. The van der Waals surface area contributed by atoms with E-state index in [-0.39, 0.29) is 5.91 Å². The van der Waals surface area contributed by atoms with Crippen LogP contribution in [0.2, 0.25) is 10.0 Å². The highest BCUT2D eigenvalue weighted by molar-refractivity contribution is 7.80. The molecule has 1 amide bonds. The van der Waals surface area contributed by atoms with Crippen molar-refractivity contribution in [1.29, 1.82) is 0 Å². The second kappa shape index (κ2) is 7.89. The Balaban J connectivity index is 2.01. The first-order valence-electron chi connectivity index (χ1n) is 8.38. The zero-order valence-corrected chi connectivity index (χ0v) is 17.4. The lowest BCUT2D eigenvalue weighted by molar-refractivity contribution is -0.113. The van der Waals surface area contributed by atoms with Gasteiger partial charge in [-0.05, 0) is 67.9 Å². The number of carbonyl (C=O) groups excluding carboxylic acids is 1. The van der Waals surface area contributed by atoms with E-state index >= 15 is 0 Å². The van der Waals surface area contributed by atoms with Crippen LogP contribution in [0.5, 0.6) is 0 Å². The van der Waals surface area contributed by atoms with Crippen LogP contribution in [0.15, 0.2) is 47.7 Å². The number of anilines is 1. The van der Waals surface area contributed by atoms with E-state index in [1.807, 2.05) is 39.0 Å². The Labute approximate surface area is 173 Å². The summed E-state index contributed by atoms with van der Waals surface area (Å²) in [6, 6.07) is 10.5. The Kier molecular flexibility index (Phi) is 5.75. The Hall–Kier alpha value is -2.08. The van der Waals surface area contributed by atoms with Crippen LogP contribution in [0.4, 0.5) is 5.69 Å². The molecule has 1 aliphatic rings. The summed E-state index contributed by atoms with van der Waals surface area (Å²) in [5.41, 5.74) is 4.84.